The molecular formula is C10H23N3S. The lowest BCUT2D eigenvalue weighted by Crippen LogP contribution is -2.34. The van der Waals surface area contributed by atoms with Crippen LogP contribution in [-0.4, -0.2) is 55.1 Å². The Hall–Kier alpha value is -0.190. The lowest BCUT2D eigenvalue weighted by molar-refractivity contribution is 0.247. The van der Waals surface area contributed by atoms with Crippen LogP contribution in [0.5, 0.6) is 0 Å². The molecule has 0 aliphatic carbocycles. The fourth-order valence-corrected chi connectivity index (χ4v) is 1.35. The van der Waals surface area contributed by atoms with Gasteiger partial charge in [0.1, 0.15) is 0 Å². The molecule has 0 fully saturated rings. The quantitative estimate of drug-likeness (QED) is 0.613. The highest BCUT2D eigenvalue weighted by molar-refractivity contribution is 7.80. The van der Waals surface area contributed by atoms with E-state index in [2.05, 4.69) is 30.8 Å². The molecule has 3 nitrogen and oxygen atoms in total. The number of rotatable bonds is 8. The second kappa shape index (κ2) is 8.15. The van der Waals surface area contributed by atoms with Crippen molar-refractivity contribution in [2.75, 3.05) is 40.3 Å². The third kappa shape index (κ3) is 8.41. The maximum absolute atomic E-state index is 5.49. The molecule has 14 heavy (non-hydrogen) atoms. The van der Waals surface area contributed by atoms with Crippen LogP contribution in [0.4, 0.5) is 0 Å². The van der Waals surface area contributed by atoms with Gasteiger partial charge in [-0.3, -0.25) is 0 Å². The van der Waals surface area contributed by atoms with Crippen molar-refractivity contribution in [3.63, 3.8) is 0 Å². The average Bonchev–Trinajstić information content (AvgIpc) is 2.09. The van der Waals surface area contributed by atoms with E-state index in [4.69, 9.17) is 18.0 Å². The van der Waals surface area contributed by atoms with Crippen molar-refractivity contribution in [3.05, 3.63) is 0 Å². The summed E-state index contributed by atoms with van der Waals surface area (Å²) in [6.07, 6.45) is 2.02. The first-order valence-electron chi connectivity index (χ1n) is 5.21. The minimum absolute atomic E-state index is 0.621. The van der Waals surface area contributed by atoms with Crippen molar-refractivity contribution < 1.29 is 0 Å². The highest BCUT2D eigenvalue weighted by Gasteiger charge is 2.04. The van der Waals surface area contributed by atoms with Crippen LogP contribution in [-0.2, 0) is 0 Å². The van der Waals surface area contributed by atoms with Crippen LogP contribution in [0.3, 0.4) is 0 Å². The molecule has 0 saturated carbocycles. The smallest absolute Gasteiger partial charge is 0.0740 e. The van der Waals surface area contributed by atoms with Crippen LogP contribution in [0.25, 0.3) is 0 Å². The Labute approximate surface area is 93.2 Å². The molecule has 0 aromatic heterocycles. The summed E-state index contributed by atoms with van der Waals surface area (Å²) in [5.74, 6) is 0. The minimum Gasteiger partial charge on any atom is -0.393 e. The van der Waals surface area contributed by atoms with E-state index in [-0.39, 0.29) is 0 Å². The first-order chi connectivity index (χ1) is 6.56. The zero-order valence-corrected chi connectivity index (χ0v) is 10.4. The number of likely N-dealkylation sites (N-methyl/N-ethyl adjacent to an activating group) is 1. The molecule has 0 aromatic carbocycles. The highest BCUT2D eigenvalue weighted by atomic mass is 32.1. The van der Waals surface area contributed by atoms with Crippen LogP contribution in [0, 0.1) is 0 Å². The summed E-state index contributed by atoms with van der Waals surface area (Å²) < 4.78 is 0. The Morgan fingerprint density at radius 3 is 2.21 bits per heavy atom. The van der Waals surface area contributed by atoms with Crippen LogP contribution in [0.2, 0.25) is 0 Å². The molecule has 0 aromatic rings. The van der Waals surface area contributed by atoms with Gasteiger partial charge in [-0.1, -0.05) is 19.1 Å². The molecule has 0 aliphatic heterocycles. The fraction of sp³-hybridized carbons (Fsp3) is 0.900. The number of thiocarbonyl (C=S) groups is 1. The first kappa shape index (κ1) is 13.8. The molecule has 0 saturated heterocycles. The second-order valence-electron chi connectivity index (χ2n) is 3.86. The summed E-state index contributed by atoms with van der Waals surface area (Å²) in [5, 5.41) is 0. The molecule has 4 heteroatoms. The van der Waals surface area contributed by atoms with Crippen molar-refractivity contribution in [2.24, 2.45) is 5.73 Å². The van der Waals surface area contributed by atoms with Crippen molar-refractivity contribution >= 4 is 17.2 Å². The van der Waals surface area contributed by atoms with E-state index in [1.807, 2.05) is 0 Å². The van der Waals surface area contributed by atoms with E-state index in [9.17, 15) is 0 Å². The van der Waals surface area contributed by atoms with Crippen LogP contribution < -0.4 is 5.73 Å². The van der Waals surface area contributed by atoms with E-state index >= 15 is 0 Å². The predicted molar refractivity (Wildman–Crippen MR) is 66.7 cm³/mol. The maximum atomic E-state index is 5.49. The van der Waals surface area contributed by atoms with Gasteiger partial charge in [-0.15, -0.1) is 0 Å². The summed E-state index contributed by atoms with van der Waals surface area (Å²) in [5.41, 5.74) is 5.49. The SMILES string of the molecule is CCCN(CCC(N)=S)CCN(C)C. The van der Waals surface area contributed by atoms with Crippen molar-refractivity contribution in [1.29, 1.82) is 0 Å². The normalized spacial score (nSPS) is 11.2. The van der Waals surface area contributed by atoms with Crippen molar-refractivity contribution in [1.82, 2.24) is 9.80 Å². The molecule has 0 atom stereocenters. The van der Waals surface area contributed by atoms with Gasteiger partial charge < -0.3 is 15.5 Å². The van der Waals surface area contributed by atoms with Crippen LogP contribution in [0.1, 0.15) is 19.8 Å². The lowest BCUT2D eigenvalue weighted by Gasteiger charge is -2.23. The van der Waals surface area contributed by atoms with E-state index in [0.29, 0.717) is 4.99 Å². The third-order valence-electron chi connectivity index (χ3n) is 2.08. The van der Waals surface area contributed by atoms with Gasteiger partial charge in [0.2, 0.25) is 0 Å². The number of hydrogen-bond donors (Lipinski definition) is 1. The van der Waals surface area contributed by atoms with Gasteiger partial charge >= 0.3 is 0 Å². The molecule has 84 valence electrons. The van der Waals surface area contributed by atoms with Crippen molar-refractivity contribution in [3.8, 4) is 0 Å². The highest BCUT2D eigenvalue weighted by Crippen LogP contribution is 1.95. The Bertz CT molecular complexity index is 159. The number of nitrogens with two attached hydrogens (primary N) is 1. The van der Waals surface area contributed by atoms with Crippen molar-refractivity contribution in [2.45, 2.75) is 19.8 Å². The largest absolute Gasteiger partial charge is 0.393 e. The molecule has 0 bridgehead atoms. The standard InChI is InChI=1S/C10H23N3S/c1-4-6-13(7-5-10(11)14)9-8-12(2)3/h4-9H2,1-3H3,(H2,11,14). The number of hydrogen-bond acceptors (Lipinski definition) is 3. The molecule has 0 spiro atoms. The van der Waals surface area contributed by atoms with Gasteiger partial charge in [-0.25, -0.2) is 0 Å². The Morgan fingerprint density at radius 2 is 1.79 bits per heavy atom. The molecule has 2 N–H and O–H groups in total. The monoisotopic (exact) mass is 217 g/mol. The Balaban J connectivity index is 3.70. The summed E-state index contributed by atoms with van der Waals surface area (Å²) in [6.45, 7) is 6.53. The summed E-state index contributed by atoms with van der Waals surface area (Å²) in [7, 11) is 4.19. The van der Waals surface area contributed by atoms with E-state index < -0.39 is 0 Å². The molecule has 0 amide bonds. The zero-order valence-electron chi connectivity index (χ0n) is 9.62. The zero-order chi connectivity index (χ0) is 11.0. The van der Waals surface area contributed by atoms with Gasteiger partial charge in [0, 0.05) is 26.1 Å². The predicted octanol–water partition coefficient (Wildman–Crippen LogP) is 0.936. The van der Waals surface area contributed by atoms with Gasteiger partial charge in [0.05, 0.1) is 4.99 Å². The van der Waals surface area contributed by atoms with E-state index in [0.717, 1.165) is 32.6 Å². The van der Waals surface area contributed by atoms with Crippen LogP contribution >= 0.6 is 12.2 Å². The summed E-state index contributed by atoms with van der Waals surface area (Å²) >= 11 is 4.87. The molecule has 0 rings (SSSR count). The van der Waals surface area contributed by atoms with E-state index in [1.54, 1.807) is 0 Å². The molecule has 0 unspecified atom stereocenters. The average molecular weight is 217 g/mol. The summed E-state index contributed by atoms with van der Waals surface area (Å²) in [4.78, 5) is 5.23. The van der Waals surface area contributed by atoms with E-state index in [1.165, 1.54) is 6.42 Å². The van der Waals surface area contributed by atoms with Gasteiger partial charge in [-0.05, 0) is 27.1 Å². The summed E-state index contributed by atoms with van der Waals surface area (Å²) in [6, 6.07) is 0. The molecule has 0 heterocycles. The minimum atomic E-state index is 0.621. The number of nitrogens with zero attached hydrogens (tertiary/aromatic N) is 2. The Morgan fingerprint density at radius 1 is 1.14 bits per heavy atom. The lowest BCUT2D eigenvalue weighted by atomic mass is 10.3. The fourth-order valence-electron chi connectivity index (χ4n) is 1.26. The topological polar surface area (TPSA) is 32.5 Å². The first-order valence-corrected chi connectivity index (χ1v) is 5.62. The maximum Gasteiger partial charge on any atom is 0.0740 e. The van der Waals surface area contributed by atoms with Gasteiger partial charge in [-0.2, -0.15) is 0 Å². The second-order valence-corrected chi connectivity index (χ2v) is 4.39. The van der Waals surface area contributed by atoms with Crippen LogP contribution in [0.15, 0.2) is 0 Å². The molecule has 0 aliphatic rings. The van der Waals surface area contributed by atoms with Gasteiger partial charge in [0.25, 0.3) is 0 Å². The Kier molecular flexibility index (Phi) is 8.04. The van der Waals surface area contributed by atoms with Gasteiger partial charge in [0.15, 0.2) is 0 Å². The molecular weight excluding hydrogens is 194 g/mol. The third-order valence-corrected chi connectivity index (χ3v) is 2.28. The molecule has 0 radical (unpaired) electrons.